The molecule has 0 aromatic carbocycles. The van der Waals surface area contributed by atoms with Crippen LogP contribution in [-0.2, 0) is 0 Å². The van der Waals surface area contributed by atoms with E-state index in [1.165, 1.54) is 57.8 Å². The first-order valence-electron chi connectivity index (χ1n) is 6.98. The highest BCUT2D eigenvalue weighted by atomic mass is 14.5. The molecule has 0 aromatic rings. The van der Waals surface area contributed by atoms with Crippen molar-refractivity contribution in [2.45, 2.75) is 64.2 Å². The molecule has 0 saturated heterocycles. The molecule has 0 radical (unpaired) electrons. The van der Waals surface area contributed by atoms with Crippen molar-refractivity contribution in [3.8, 4) is 0 Å². The fourth-order valence-electron chi connectivity index (χ4n) is 1.87. The highest BCUT2D eigenvalue weighted by Gasteiger charge is 1.92. The van der Waals surface area contributed by atoms with Crippen LogP contribution in [0.25, 0.3) is 0 Å². The van der Waals surface area contributed by atoms with Crippen LogP contribution in [-0.4, -0.2) is 0 Å². The maximum atomic E-state index is 5.52. The number of hydrogen-bond acceptors (Lipinski definition) is 1. The quantitative estimate of drug-likeness (QED) is 0.369. The van der Waals surface area contributed by atoms with E-state index in [9.17, 15) is 0 Å². The minimum Gasteiger partial charge on any atom is -0.403 e. The number of hydrogen-bond donors (Lipinski definition) is 1. The first kappa shape index (κ1) is 16.0. The Morgan fingerprint density at radius 3 is 1.94 bits per heavy atom. The van der Waals surface area contributed by atoms with Crippen molar-refractivity contribution in [3.05, 3.63) is 37.1 Å². The third-order valence-corrected chi connectivity index (χ3v) is 2.89. The summed E-state index contributed by atoms with van der Waals surface area (Å²) in [5.41, 5.74) is 6.35. The smallest absolute Gasteiger partial charge is 0.000744 e. The molecule has 1 heteroatoms. The lowest BCUT2D eigenvalue weighted by Gasteiger charge is -2.01. The third kappa shape index (κ3) is 15.0. The lowest BCUT2D eigenvalue weighted by Crippen LogP contribution is -1.93. The summed E-state index contributed by atoms with van der Waals surface area (Å²) in [6, 6.07) is 0. The summed E-state index contributed by atoms with van der Waals surface area (Å²) >= 11 is 0. The van der Waals surface area contributed by atoms with E-state index < -0.39 is 0 Å². The van der Waals surface area contributed by atoms with Crippen molar-refractivity contribution in [2.24, 2.45) is 5.73 Å². The van der Waals surface area contributed by atoms with Crippen LogP contribution in [0.1, 0.15) is 64.2 Å². The Morgan fingerprint density at radius 2 is 1.41 bits per heavy atom. The van der Waals surface area contributed by atoms with Gasteiger partial charge in [-0.15, -0.1) is 0 Å². The Kier molecular flexibility index (Phi) is 12.3. The molecule has 0 aliphatic rings. The predicted octanol–water partition coefficient (Wildman–Crippen LogP) is 5.10. The highest BCUT2D eigenvalue weighted by molar-refractivity contribution is 4.96. The zero-order valence-electron chi connectivity index (χ0n) is 11.3. The second kappa shape index (κ2) is 13.1. The molecule has 98 valence electrons. The van der Waals surface area contributed by atoms with Crippen LogP contribution in [0.3, 0.4) is 0 Å². The van der Waals surface area contributed by atoms with Gasteiger partial charge >= 0.3 is 0 Å². The maximum Gasteiger partial charge on any atom is 0.000744 e. The second-order valence-corrected chi connectivity index (χ2v) is 4.69. The van der Waals surface area contributed by atoms with Gasteiger partial charge in [-0.3, -0.25) is 0 Å². The molecule has 0 amide bonds. The van der Waals surface area contributed by atoms with Crippen molar-refractivity contribution >= 4 is 0 Å². The van der Waals surface area contributed by atoms with E-state index in [0.717, 1.165) is 12.1 Å². The molecule has 0 bridgehead atoms. The molecule has 0 saturated carbocycles. The van der Waals surface area contributed by atoms with Crippen molar-refractivity contribution < 1.29 is 0 Å². The number of allylic oxidation sites excluding steroid dienone is 4. The molecule has 0 aromatic heterocycles. The summed E-state index contributed by atoms with van der Waals surface area (Å²) in [6.45, 7) is 7.36. The molecule has 0 heterocycles. The number of unbranched alkanes of at least 4 members (excludes halogenated alkanes) is 8. The molecule has 0 aliphatic carbocycles. The summed E-state index contributed by atoms with van der Waals surface area (Å²) < 4.78 is 0. The van der Waals surface area contributed by atoms with E-state index in [1.54, 1.807) is 0 Å². The van der Waals surface area contributed by atoms with Gasteiger partial charge in [-0.25, -0.2) is 0 Å². The Balaban J connectivity index is 3.01. The van der Waals surface area contributed by atoms with Gasteiger partial charge in [0.1, 0.15) is 0 Å². The van der Waals surface area contributed by atoms with Crippen molar-refractivity contribution in [1.29, 1.82) is 0 Å². The fourth-order valence-corrected chi connectivity index (χ4v) is 1.87. The molecular formula is C16H29N. The summed E-state index contributed by atoms with van der Waals surface area (Å²) in [5.74, 6) is 0. The van der Waals surface area contributed by atoms with E-state index in [1.807, 2.05) is 12.2 Å². The Labute approximate surface area is 107 Å². The van der Waals surface area contributed by atoms with Gasteiger partial charge in [-0.1, -0.05) is 69.9 Å². The van der Waals surface area contributed by atoms with Crippen molar-refractivity contribution in [3.63, 3.8) is 0 Å². The second-order valence-electron chi connectivity index (χ2n) is 4.69. The van der Waals surface area contributed by atoms with E-state index >= 15 is 0 Å². The van der Waals surface area contributed by atoms with Crippen LogP contribution in [0.15, 0.2) is 37.1 Å². The summed E-state index contributed by atoms with van der Waals surface area (Å²) in [6.07, 6.45) is 19.0. The normalized spacial score (nSPS) is 10.8. The Hall–Kier alpha value is -0.980. The predicted molar refractivity (Wildman–Crippen MR) is 78.8 cm³/mol. The fraction of sp³-hybridized carbons (Fsp3) is 0.625. The van der Waals surface area contributed by atoms with Gasteiger partial charge in [0.2, 0.25) is 0 Å². The minimum atomic E-state index is 0.831. The van der Waals surface area contributed by atoms with Gasteiger partial charge < -0.3 is 5.73 Å². The van der Waals surface area contributed by atoms with Gasteiger partial charge in [0.15, 0.2) is 0 Å². The molecule has 17 heavy (non-hydrogen) atoms. The van der Waals surface area contributed by atoms with Gasteiger partial charge in [0, 0.05) is 5.70 Å². The van der Waals surface area contributed by atoms with Crippen LogP contribution in [0, 0.1) is 0 Å². The zero-order valence-corrected chi connectivity index (χ0v) is 11.3. The largest absolute Gasteiger partial charge is 0.403 e. The van der Waals surface area contributed by atoms with Crippen molar-refractivity contribution in [1.82, 2.24) is 0 Å². The van der Waals surface area contributed by atoms with E-state index in [2.05, 4.69) is 19.2 Å². The van der Waals surface area contributed by atoms with E-state index in [0.29, 0.717) is 0 Å². The van der Waals surface area contributed by atoms with Gasteiger partial charge in [-0.05, 0) is 25.7 Å². The maximum absolute atomic E-state index is 5.52. The Morgan fingerprint density at radius 1 is 0.882 bits per heavy atom. The number of rotatable bonds is 12. The van der Waals surface area contributed by atoms with Gasteiger partial charge in [0.05, 0.1) is 0 Å². The first-order valence-corrected chi connectivity index (χ1v) is 6.98. The third-order valence-electron chi connectivity index (χ3n) is 2.89. The molecule has 0 fully saturated rings. The van der Waals surface area contributed by atoms with Crippen molar-refractivity contribution in [2.75, 3.05) is 0 Å². The van der Waals surface area contributed by atoms with Crippen LogP contribution >= 0.6 is 0 Å². The molecular weight excluding hydrogens is 206 g/mol. The number of nitrogens with two attached hydrogens (primary N) is 1. The summed E-state index contributed by atoms with van der Waals surface area (Å²) in [7, 11) is 0. The van der Waals surface area contributed by atoms with Crippen LogP contribution in [0.2, 0.25) is 0 Å². The lowest BCUT2D eigenvalue weighted by atomic mass is 10.1. The SMILES string of the molecule is C=C/C=C\CCCCCCCCCCC(=C)N. The molecule has 0 unspecified atom stereocenters. The zero-order chi connectivity index (χ0) is 12.8. The first-order chi connectivity index (χ1) is 8.27. The summed E-state index contributed by atoms with van der Waals surface area (Å²) in [4.78, 5) is 0. The van der Waals surface area contributed by atoms with Gasteiger partial charge in [0.25, 0.3) is 0 Å². The molecule has 0 atom stereocenters. The van der Waals surface area contributed by atoms with Crippen LogP contribution in [0.4, 0.5) is 0 Å². The van der Waals surface area contributed by atoms with Crippen LogP contribution < -0.4 is 5.73 Å². The van der Waals surface area contributed by atoms with E-state index in [-0.39, 0.29) is 0 Å². The Bertz CT molecular complexity index is 216. The summed E-state index contributed by atoms with van der Waals surface area (Å²) in [5, 5.41) is 0. The standard InChI is InChI=1S/C16H29N/c1-3-4-5-6-7-8-9-10-11-12-13-14-15-16(2)17/h3-5H,1-2,6-15,17H2/b5-4-. The molecule has 1 nitrogen and oxygen atoms in total. The topological polar surface area (TPSA) is 26.0 Å². The monoisotopic (exact) mass is 235 g/mol. The minimum absolute atomic E-state index is 0.831. The average Bonchev–Trinajstić information content (AvgIpc) is 2.30. The molecule has 2 N–H and O–H groups in total. The highest BCUT2D eigenvalue weighted by Crippen LogP contribution is 2.11. The van der Waals surface area contributed by atoms with Gasteiger partial charge in [-0.2, -0.15) is 0 Å². The molecule has 0 spiro atoms. The van der Waals surface area contributed by atoms with E-state index in [4.69, 9.17) is 5.73 Å². The average molecular weight is 235 g/mol. The van der Waals surface area contributed by atoms with Crippen LogP contribution in [0.5, 0.6) is 0 Å². The molecule has 0 aliphatic heterocycles. The lowest BCUT2D eigenvalue weighted by molar-refractivity contribution is 0.568. The molecule has 0 rings (SSSR count).